The molecule has 1 fully saturated rings. The van der Waals surface area contributed by atoms with Gasteiger partial charge in [0.15, 0.2) is 0 Å². The summed E-state index contributed by atoms with van der Waals surface area (Å²) < 4.78 is 0. The Bertz CT molecular complexity index is 245. The fourth-order valence-electron chi connectivity index (χ4n) is 3.11. The van der Waals surface area contributed by atoms with E-state index in [9.17, 15) is 0 Å². The largest absolute Gasteiger partial charge is 0.396 e. The number of thioether (sulfide) groups is 1. The predicted octanol–water partition coefficient (Wildman–Crippen LogP) is 3.69. The Balaban J connectivity index is 2.57. The minimum atomic E-state index is 0.329. The van der Waals surface area contributed by atoms with Gasteiger partial charge in [0.05, 0.1) is 0 Å². The average Bonchev–Trinajstić information content (AvgIpc) is 2.41. The molecule has 0 radical (unpaired) electrons. The van der Waals surface area contributed by atoms with Gasteiger partial charge in [0, 0.05) is 17.9 Å². The van der Waals surface area contributed by atoms with Crippen LogP contribution in [0.25, 0.3) is 0 Å². The van der Waals surface area contributed by atoms with Crippen LogP contribution in [-0.2, 0) is 0 Å². The summed E-state index contributed by atoms with van der Waals surface area (Å²) in [6.45, 7) is 10.8. The smallest absolute Gasteiger partial charge is 0.0438 e. The van der Waals surface area contributed by atoms with E-state index in [2.05, 4.69) is 44.8 Å². The quantitative estimate of drug-likeness (QED) is 0.668. The van der Waals surface area contributed by atoms with Crippen LogP contribution < -0.4 is 5.32 Å². The Hall–Kier alpha value is 0.270. The Morgan fingerprint density at radius 1 is 1.26 bits per heavy atom. The monoisotopic (exact) mass is 287 g/mol. The van der Waals surface area contributed by atoms with E-state index in [1.165, 1.54) is 25.7 Å². The molecular formula is C16H33NOS. The third-order valence-corrected chi connectivity index (χ3v) is 6.38. The second-order valence-corrected chi connectivity index (χ2v) is 7.85. The summed E-state index contributed by atoms with van der Waals surface area (Å²) in [5.74, 6) is 1.96. The van der Waals surface area contributed by atoms with Crippen molar-refractivity contribution in [1.82, 2.24) is 5.32 Å². The first-order valence-electron chi connectivity index (χ1n) is 8.01. The highest BCUT2D eigenvalue weighted by Gasteiger charge is 2.36. The van der Waals surface area contributed by atoms with E-state index in [0.717, 1.165) is 29.9 Å². The van der Waals surface area contributed by atoms with Crippen LogP contribution in [0.4, 0.5) is 0 Å². The molecule has 1 rings (SSSR count). The zero-order chi connectivity index (χ0) is 14.3. The maximum Gasteiger partial charge on any atom is 0.0438 e. The average molecular weight is 288 g/mol. The van der Waals surface area contributed by atoms with Crippen molar-refractivity contribution in [2.45, 2.75) is 71.1 Å². The third kappa shape index (κ3) is 5.28. The zero-order valence-electron chi connectivity index (χ0n) is 13.2. The van der Waals surface area contributed by atoms with Crippen molar-refractivity contribution in [1.29, 1.82) is 0 Å². The zero-order valence-corrected chi connectivity index (χ0v) is 14.1. The Labute approximate surface area is 124 Å². The molecule has 3 heteroatoms. The van der Waals surface area contributed by atoms with Crippen molar-refractivity contribution in [3.05, 3.63) is 0 Å². The second-order valence-electron chi connectivity index (χ2n) is 6.50. The number of hydrogen-bond donors (Lipinski definition) is 2. The minimum Gasteiger partial charge on any atom is -0.396 e. The molecule has 114 valence electrons. The second kappa shape index (κ2) is 8.53. The molecule has 0 aromatic carbocycles. The first-order valence-corrected chi connectivity index (χ1v) is 9.05. The van der Waals surface area contributed by atoms with Crippen LogP contribution >= 0.6 is 11.8 Å². The maximum absolute atomic E-state index is 8.96. The summed E-state index contributed by atoms with van der Waals surface area (Å²) in [7, 11) is 0. The van der Waals surface area contributed by atoms with Crippen molar-refractivity contribution < 1.29 is 5.11 Å². The van der Waals surface area contributed by atoms with E-state index in [1.54, 1.807) is 0 Å². The van der Waals surface area contributed by atoms with Crippen LogP contribution in [0.2, 0.25) is 0 Å². The molecule has 2 nitrogen and oxygen atoms in total. The molecule has 0 aromatic rings. The lowest BCUT2D eigenvalue weighted by atomic mass is 9.68. The number of rotatable bonds is 8. The molecule has 0 saturated heterocycles. The van der Waals surface area contributed by atoms with Gasteiger partial charge in [0.2, 0.25) is 0 Å². The fourth-order valence-corrected chi connectivity index (χ4v) is 4.54. The highest BCUT2D eigenvalue weighted by molar-refractivity contribution is 7.99. The van der Waals surface area contributed by atoms with Crippen LogP contribution in [-0.4, -0.2) is 35.3 Å². The van der Waals surface area contributed by atoms with Crippen molar-refractivity contribution in [3.63, 3.8) is 0 Å². The molecule has 0 bridgehead atoms. The van der Waals surface area contributed by atoms with Crippen LogP contribution in [0, 0.1) is 11.3 Å². The molecular weight excluding hydrogens is 254 g/mol. The fraction of sp³-hybridized carbons (Fsp3) is 1.00. The first kappa shape index (κ1) is 17.3. The lowest BCUT2D eigenvalue weighted by Crippen LogP contribution is -2.45. The summed E-state index contributed by atoms with van der Waals surface area (Å²) in [6.07, 6.45) is 6.24. The molecule has 0 amide bonds. The van der Waals surface area contributed by atoms with E-state index in [0.29, 0.717) is 18.1 Å². The van der Waals surface area contributed by atoms with E-state index in [-0.39, 0.29) is 0 Å². The number of aliphatic hydroxyl groups is 1. The molecule has 19 heavy (non-hydrogen) atoms. The summed E-state index contributed by atoms with van der Waals surface area (Å²) in [4.78, 5) is 0. The van der Waals surface area contributed by atoms with Gasteiger partial charge in [-0.05, 0) is 49.3 Å². The summed E-state index contributed by atoms with van der Waals surface area (Å²) in [5, 5.41) is 13.4. The summed E-state index contributed by atoms with van der Waals surface area (Å²) in [5.41, 5.74) is 0.479. The van der Waals surface area contributed by atoms with Gasteiger partial charge >= 0.3 is 0 Å². The SMILES string of the molecule is CCNC1CCC(C(C)(C)CC)CC1SCCCO. The van der Waals surface area contributed by atoms with Crippen LogP contribution in [0.1, 0.15) is 59.8 Å². The van der Waals surface area contributed by atoms with Crippen LogP contribution in [0.3, 0.4) is 0 Å². The lowest BCUT2D eigenvalue weighted by Gasteiger charge is -2.43. The van der Waals surface area contributed by atoms with E-state index >= 15 is 0 Å². The van der Waals surface area contributed by atoms with Gasteiger partial charge in [-0.1, -0.05) is 34.1 Å². The number of nitrogens with one attached hydrogen (secondary N) is 1. The first-order chi connectivity index (χ1) is 9.05. The lowest BCUT2D eigenvalue weighted by molar-refractivity contribution is 0.141. The minimum absolute atomic E-state index is 0.329. The maximum atomic E-state index is 8.96. The van der Waals surface area contributed by atoms with E-state index in [1.807, 2.05) is 0 Å². The third-order valence-electron chi connectivity index (χ3n) is 4.91. The molecule has 2 N–H and O–H groups in total. The van der Waals surface area contributed by atoms with Gasteiger partial charge in [-0.25, -0.2) is 0 Å². The van der Waals surface area contributed by atoms with Gasteiger partial charge in [-0.2, -0.15) is 11.8 Å². The molecule has 3 unspecified atom stereocenters. The standard InChI is InChI=1S/C16H33NOS/c1-5-16(3,4)13-8-9-14(17-6-2)15(12-13)19-11-7-10-18/h13-15,17-18H,5-12H2,1-4H3. The predicted molar refractivity (Wildman–Crippen MR) is 86.8 cm³/mol. The molecule has 0 aromatic heterocycles. The summed E-state index contributed by atoms with van der Waals surface area (Å²) >= 11 is 2.08. The summed E-state index contributed by atoms with van der Waals surface area (Å²) in [6, 6.07) is 0.678. The van der Waals surface area contributed by atoms with Gasteiger partial charge < -0.3 is 10.4 Å². The molecule has 0 aliphatic heterocycles. The molecule has 1 aliphatic rings. The van der Waals surface area contributed by atoms with Gasteiger partial charge in [-0.15, -0.1) is 0 Å². The molecule has 1 saturated carbocycles. The van der Waals surface area contributed by atoms with Crippen molar-refractivity contribution in [2.75, 3.05) is 18.9 Å². The number of hydrogen-bond acceptors (Lipinski definition) is 3. The van der Waals surface area contributed by atoms with E-state index in [4.69, 9.17) is 5.11 Å². The van der Waals surface area contributed by atoms with Crippen molar-refractivity contribution in [2.24, 2.45) is 11.3 Å². The highest BCUT2D eigenvalue weighted by Crippen LogP contribution is 2.43. The van der Waals surface area contributed by atoms with Gasteiger partial charge in [-0.3, -0.25) is 0 Å². The van der Waals surface area contributed by atoms with Crippen LogP contribution in [0.15, 0.2) is 0 Å². The topological polar surface area (TPSA) is 32.3 Å². The van der Waals surface area contributed by atoms with Crippen LogP contribution in [0.5, 0.6) is 0 Å². The molecule has 0 spiro atoms. The van der Waals surface area contributed by atoms with Crippen molar-refractivity contribution >= 4 is 11.8 Å². The van der Waals surface area contributed by atoms with E-state index < -0.39 is 0 Å². The number of aliphatic hydroxyl groups excluding tert-OH is 1. The Morgan fingerprint density at radius 2 is 2.00 bits per heavy atom. The molecule has 0 heterocycles. The van der Waals surface area contributed by atoms with Gasteiger partial charge in [0.1, 0.15) is 0 Å². The normalized spacial score (nSPS) is 28.6. The Morgan fingerprint density at radius 3 is 2.58 bits per heavy atom. The Kier molecular flexibility index (Phi) is 7.78. The van der Waals surface area contributed by atoms with Gasteiger partial charge in [0.25, 0.3) is 0 Å². The highest BCUT2D eigenvalue weighted by atomic mass is 32.2. The molecule has 1 aliphatic carbocycles. The van der Waals surface area contributed by atoms with Crippen molar-refractivity contribution in [3.8, 4) is 0 Å². The molecule has 3 atom stereocenters.